The molecule has 2 rings (SSSR count). The largest absolute Gasteiger partial charge is 0.345 e. The highest BCUT2D eigenvalue weighted by molar-refractivity contribution is 6.35. The van der Waals surface area contributed by atoms with Crippen LogP contribution in [0, 0.1) is 13.8 Å². The van der Waals surface area contributed by atoms with Crippen molar-refractivity contribution in [2.24, 2.45) is 0 Å². The van der Waals surface area contributed by atoms with Gasteiger partial charge in [0.1, 0.15) is 0 Å². The van der Waals surface area contributed by atoms with E-state index in [1.165, 1.54) is 11.1 Å². The molecule has 0 radical (unpaired) electrons. The van der Waals surface area contributed by atoms with E-state index in [2.05, 4.69) is 10.6 Å². The van der Waals surface area contributed by atoms with Gasteiger partial charge in [0.05, 0.1) is 6.04 Å². The van der Waals surface area contributed by atoms with Gasteiger partial charge in [-0.05, 0) is 30.5 Å². The number of carbonyl (C=O) groups excluding carboxylic acids is 2. The van der Waals surface area contributed by atoms with Gasteiger partial charge < -0.3 is 10.6 Å². The molecule has 0 aromatic heterocycles. The summed E-state index contributed by atoms with van der Waals surface area (Å²) in [6, 6.07) is 5.92. The Hall–Kier alpha value is -1.84. The number of hydrogen-bond donors (Lipinski definition) is 2. The number of rotatable bonds is 1. The summed E-state index contributed by atoms with van der Waals surface area (Å²) in [7, 11) is 0. The third-order valence-corrected chi connectivity index (χ3v) is 2.91. The molecule has 84 valence electrons. The van der Waals surface area contributed by atoms with Gasteiger partial charge >= 0.3 is 11.8 Å². The predicted molar refractivity (Wildman–Crippen MR) is 59.8 cm³/mol. The normalized spacial score (nSPS) is 20.2. The van der Waals surface area contributed by atoms with Gasteiger partial charge in [-0.2, -0.15) is 0 Å². The molecule has 1 heterocycles. The lowest BCUT2D eigenvalue weighted by Gasteiger charge is -2.24. The van der Waals surface area contributed by atoms with E-state index < -0.39 is 11.8 Å². The summed E-state index contributed by atoms with van der Waals surface area (Å²) in [6.45, 7) is 4.52. The molecule has 1 saturated heterocycles. The molecule has 1 unspecified atom stereocenters. The Labute approximate surface area is 94.0 Å². The lowest BCUT2D eigenvalue weighted by Crippen LogP contribution is -2.51. The Morgan fingerprint density at radius 1 is 1.12 bits per heavy atom. The molecule has 2 amide bonds. The zero-order chi connectivity index (χ0) is 11.7. The quantitative estimate of drug-likeness (QED) is 0.678. The molecule has 0 spiro atoms. The van der Waals surface area contributed by atoms with E-state index >= 15 is 0 Å². The predicted octanol–water partition coefficient (Wildman–Crippen LogP) is 0.591. The summed E-state index contributed by atoms with van der Waals surface area (Å²) >= 11 is 0. The highest BCUT2D eigenvalue weighted by atomic mass is 16.2. The van der Waals surface area contributed by atoms with Crippen molar-refractivity contribution < 1.29 is 9.59 Å². The molecule has 1 atom stereocenters. The number of nitrogens with one attached hydrogen (secondary N) is 2. The number of hydrogen-bond acceptors (Lipinski definition) is 2. The number of aryl methyl sites for hydroxylation is 2. The second-order valence-corrected chi connectivity index (χ2v) is 4.08. The molecular formula is C12H14N2O2. The van der Waals surface area contributed by atoms with Crippen molar-refractivity contribution in [1.29, 1.82) is 0 Å². The first-order valence-corrected chi connectivity index (χ1v) is 5.24. The maximum absolute atomic E-state index is 11.2. The Balaban J connectivity index is 2.22. The van der Waals surface area contributed by atoms with Gasteiger partial charge in [-0.25, -0.2) is 0 Å². The van der Waals surface area contributed by atoms with Crippen LogP contribution in [0.5, 0.6) is 0 Å². The van der Waals surface area contributed by atoms with Crippen LogP contribution in [0.1, 0.15) is 22.7 Å². The lowest BCUT2D eigenvalue weighted by molar-refractivity contribution is -0.141. The molecular weight excluding hydrogens is 204 g/mol. The van der Waals surface area contributed by atoms with Crippen molar-refractivity contribution in [2.75, 3.05) is 6.54 Å². The van der Waals surface area contributed by atoms with Crippen LogP contribution in [0.15, 0.2) is 18.2 Å². The number of benzene rings is 1. The summed E-state index contributed by atoms with van der Waals surface area (Å²) in [5, 5.41) is 5.24. The highest BCUT2D eigenvalue weighted by Gasteiger charge is 2.25. The first-order chi connectivity index (χ1) is 7.58. The third kappa shape index (κ3) is 1.91. The molecule has 0 aliphatic carbocycles. The average Bonchev–Trinajstić information content (AvgIpc) is 2.26. The van der Waals surface area contributed by atoms with Crippen LogP contribution < -0.4 is 10.6 Å². The van der Waals surface area contributed by atoms with Crippen molar-refractivity contribution in [3.05, 3.63) is 34.9 Å². The average molecular weight is 218 g/mol. The lowest BCUT2D eigenvalue weighted by atomic mass is 10.00. The van der Waals surface area contributed by atoms with Crippen molar-refractivity contribution in [3.8, 4) is 0 Å². The van der Waals surface area contributed by atoms with E-state index in [0.717, 1.165) is 5.56 Å². The molecule has 16 heavy (non-hydrogen) atoms. The monoisotopic (exact) mass is 218 g/mol. The molecule has 4 heteroatoms. The van der Waals surface area contributed by atoms with Gasteiger partial charge in [-0.3, -0.25) is 9.59 Å². The number of carbonyl (C=O) groups is 2. The molecule has 1 aromatic carbocycles. The van der Waals surface area contributed by atoms with Crippen molar-refractivity contribution in [1.82, 2.24) is 10.6 Å². The van der Waals surface area contributed by atoms with Crippen molar-refractivity contribution in [2.45, 2.75) is 19.9 Å². The fraction of sp³-hybridized carbons (Fsp3) is 0.333. The Morgan fingerprint density at radius 2 is 1.88 bits per heavy atom. The summed E-state index contributed by atoms with van der Waals surface area (Å²) < 4.78 is 0. The summed E-state index contributed by atoms with van der Waals surface area (Å²) in [5.74, 6) is -1.12. The summed E-state index contributed by atoms with van der Waals surface area (Å²) in [5.41, 5.74) is 3.43. The van der Waals surface area contributed by atoms with Gasteiger partial charge in [-0.1, -0.05) is 18.2 Å². The van der Waals surface area contributed by atoms with E-state index in [0.29, 0.717) is 6.54 Å². The maximum atomic E-state index is 11.2. The highest BCUT2D eigenvalue weighted by Crippen LogP contribution is 2.17. The van der Waals surface area contributed by atoms with Crippen LogP contribution in [-0.4, -0.2) is 18.4 Å². The molecule has 1 aliphatic rings. The minimum atomic E-state index is -0.561. The summed E-state index contributed by atoms with van der Waals surface area (Å²) in [4.78, 5) is 22.2. The number of amides is 2. The standard InChI is InChI=1S/C12H14N2O2/c1-7-3-4-9(5-8(7)2)10-6-13-11(15)12(16)14-10/h3-5,10H,6H2,1-2H3,(H,13,15)(H,14,16). The molecule has 1 aliphatic heterocycles. The topological polar surface area (TPSA) is 58.2 Å². The van der Waals surface area contributed by atoms with Crippen LogP contribution in [0.25, 0.3) is 0 Å². The third-order valence-electron chi connectivity index (χ3n) is 2.91. The minimum Gasteiger partial charge on any atom is -0.345 e. The van der Waals surface area contributed by atoms with Gasteiger partial charge in [0.25, 0.3) is 0 Å². The van der Waals surface area contributed by atoms with Gasteiger partial charge in [0.2, 0.25) is 0 Å². The van der Waals surface area contributed by atoms with E-state index in [1.807, 2.05) is 32.0 Å². The second kappa shape index (κ2) is 3.96. The van der Waals surface area contributed by atoms with Crippen molar-refractivity contribution >= 4 is 11.8 Å². The Bertz CT molecular complexity index is 454. The first-order valence-electron chi connectivity index (χ1n) is 5.24. The molecule has 1 aromatic rings. The van der Waals surface area contributed by atoms with E-state index in [1.54, 1.807) is 0 Å². The first kappa shape index (κ1) is 10.7. The van der Waals surface area contributed by atoms with E-state index in [4.69, 9.17) is 0 Å². The zero-order valence-electron chi connectivity index (χ0n) is 9.33. The van der Waals surface area contributed by atoms with Crippen LogP contribution in [0.2, 0.25) is 0 Å². The Kier molecular flexibility index (Phi) is 2.64. The smallest absolute Gasteiger partial charge is 0.309 e. The zero-order valence-corrected chi connectivity index (χ0v) is 9.33. The Morgan fingerprint density at radius 3 is 2.50 bits per heavy atom. The molecule has 0 saturated carbocycles. The van der Waals surface area contributed by atoms with E-state index in [9.17, 15) is 9.59 Å². The molecule has 4 nitrogen and oxygen atoms in total. The van der Waals surface area contributed by atoms with E-state index in [-0.39, 0.29) is 6.04 Å². The fourth-order valence-corrected chi connectivity index (χ4v) is 1.73. The van der Waals surface area contributed by atoms with Gasteiger partial charge in [-0.15, -0.1) is 0 Å². The molecule has 2 N–H and O–H groups in total. The van der Waals surface area contributed by atoms with Gasteiger partial charge in [0, 0.05) is 6.54 Å². The maximum Gasteiger partial charge on any atom is 0.309 e. The van der Waals surface area contributed by atoms with Crippen LogP contribution in [-0.2, 0) is 9.59 Å². The van der Waals surface area contributed by atoms with Gasteiger partial charge in [0.15, 0.2) is 0 Å². The van der Waals surface area contributed by atoms with Crippen LogP contribution >= 0.6 is 0 Å². The second-order valence-electron chi connectivity index (χ2n) is 4.08. The fourth-order valence-electron chi connectivity index (χ4n) is 1.73. The molecule has 0 bridgehead atoms. The SMILES string of the molecule is Cc1ccc(C2CNC(=O)C(=O)N2)cc1C. The minimum absolute atomic E-state index is 0.121. The molecule has 1 fully saturated rings. The number of piperazine rings is 1. The van der Waals surface area contributed by atoms with Crippen molar-refractivity contribution in [3.63, 3.8) is 0 Å². The van der Waals surface area contributed by atoms with Crippen LogP contribution in [0.3, 0.4) is 0 Å². The summed E-state index contributed by atoms with van der Waals surface area (Å²) in [6.07, 6.45) is 0. The van der Waals surface area contributed by atoms with Crippen LogP contribution in [0.4, 0.5) is 0 Å².